The van der Waals surface area contributed by atoms with E-state index in [0.717, 1.165) is 6.08 Å². The Kier molecular flexibility index (Phi) is 8.19. The number of rotatable bonds is 10. The van der Waals surface area contributed by atoms with Crippen LogP contribution in [0.5, 0.6) is 0 Å². The molecule has 0 spiro atoms. The molecule has 0 bridgehead atoms. The molecule has 2 unspecified atom stereocenters. The lowest BCUT2D eigenvalue weighted by molar-refractivity contribution is -0.870. The third-order valence-electron chi connectivity index (χ3n) is 2.02. The van der Waals surface area contributed by atoms with Gasteiger partial charge in [-0.05, 0) is 0 Å². The molecule has 0 rings (SSSR count). The van der Waals surface area contributed by atoms with Gasteiger partial charge in [0.15, 0.2) is 0 Å². The van der Waals surface area contributed by atoms with E-state index in [2.05, 4.69) is 20.4 Å². The summed E-state index contributed by atoms with van der Waals surface area (Å²) in [7, 11) is 1.19. The molecule has 1 N–H and O–H groups in total. The Bertz CT molecular complexity index is 366. The van der Waals surface area contributed by atoms with E-state index in [1.165, 1.54) is 0 Å². The molecule has 0 fully saturated rings. The first-order valence-electron chi connectivity index (χ1n) is 5.93. The van der Waals surface area contributed by atoms with Crippen LogP contribution in [-0.2, 0) is 23.1 Å². The van der Waals surface area contributed by atoms with Crippen LogP contribution in [0.15, 0.2) is 12.7 Å². The number of phosphoric acid groups is 1. The first-order valence-corrected chi connectivity index (χ1v) is 7.39. The Labute approximate surface area is 118 Å². The highest BCUT2D eigenvalue weighted by Gasteiger charge is 2.16. The van der Waals surface area contributed by atoms with Gasteiger partial charge < -0.3 is 28.3 Å². The topological polar surface area (TPSA) is 105 Å². The van der Waals surface area contributed by atoms with Crippen LogP contribution < -0.4 is 4.89 Å². The number of esters is 1. The van der Waals surface area contributed by atoms with E-state index >= 15 is 0 Å². The number of likely N-dealkylation sites (N-methyl/N-ethyl adjacent to an activating group) is 1. The second kappa shape index (κ2) is 8.51. The zero-order valence-corrected chi connectivity index (χ0v) is 12.9. The number of aliphatic hydroxyl groups is 1. The Morgan fingerprint density at radius 3 is 2.50 bits per heavy atom. The Hall–Kier alpha value is -0.760. The average molecular weight is 311 g/mol. The zero-order valence-electron chi connectivity index (χ0n) is 12.0. The monoisotopic (exact) mass is 311 g/mol. The van der Waals surface area contributed by atoms with E-state index < -0.39 is 26.5 Å². The predicted molar refractivity (Wildman–Crippen MR) is 69.6 cm³/mol. The van der Waals surface area contributed by atoms with Crippen LogP contribution in [0.2, 0.25) is 0 Å². The minimum atomic E-state index is -4.47. The molecule has 9 heteroatoms. The summed E-state index contributed by atoms with van der Waals surface area (Å²) in [5.41, 5.74) is 0. The quantitative estimate of drug-likeness (QED) is 0.246. The van der Waals surface area contributed by atoms with E-state index in [1.807, 2.05) is 21.1 Å². The molecule has 2 atom stereocenters. The molecule has 0 aromatic heterocycles. The number of carbonyl (C=O) groups is 1. The van der Waals surface area contributed by atoms with Crippen molar-refractivity contribution in [2.45, 2.75) is 6.10 Å². The largest absolute Gasteiger partial charge is 0.756 e. The first kappa shape index (κ1) is 19.2. The van der Waals surface area contributed by atoms with Crippen LogP contribution in [0.1, 0.15) is 0 Å². The number of phosphoric ester groups is 1. The van der Waals surface area contributed by atoms with Crippen molar-refractivity contribution in [3.63, 3.8) is 0 Å². The van der Waals surface area contributed by atoms with Gasteiger partial charge in [0.05, 0.1) is 27.7 Å². The van der Waals surface area contributed by atoms with Crippen LogP contribution >= 0.6 is 7.82 Å². The maximum Gasteiger partial charge on any atom is 0.330 e. The molecule has 0 amide bonds. The maximum atomic E-state index is 11.4. The molecule has 0 aliphatic rings. The van der Waals surface area contributed by atoms with E-state index in [-0.39, 0.29) is 13.2 Å². The van der Waals surface area contributed by atoms with Crippen molar-refractivity contribution >= 4 is 13.8 Å². The van der Waals surface area contributed by atoms with Crippen LogP contribution in [0, 0.1) is 0 Å². The van der Waals surface area contributed by atoms with Crippen molar-refractivity contribution in [3.8, 4) is 0 Å². The van der Waals surface area contributed by atoms with Crippen LogP contribution in [0.25, 0.3) is 0 Å². The van der Waals surface area contributed by atoms with Crippen molar-refractivity contribution in [2.75, 3.05) is 47.5 Å². The summed E-state index contributed by atoms with van der Waals surface area (Å²) in [6, 6.07) is 0. The Balaban J connectivity index is 3.94. The number of quaternary nitrogens is 1. The minimum Gasteiger partial charge on any atom is -0.756 e. The van der Waals surface area contributed by atoms with Crippen molar-refractivity contribution in [2.24, 2.45) is 0 Å². The molecule has 118 valence electrons. The molecule has 8 nitrogen and oxygen atoms in total. The summed E-state index contributed by atoms with van der Waals surface area (Å²) in [6.45, 7) is 2.70. The molecule has 20 heavy (non-hydrogen) atoms. The van der Waals surface area contributed by atoms with Crippen LogP contribution in [0.3, 0.4) is 0 Å². The number of hydrogen-bond donors (Lipinski definition) is 1. The van der Waals surface area contributed by atoms with Gasteiger partial charge in [-0.1, -0.05) is 6.58 Å². The normalized spacial score (nSPS) is 16.2. The first-order chi connectivity index (χ1) is 9.06. The second-order valence-electron chi connectivity index (χ2n) is 5.08. The highest BCUT2D eigenvalue weighted by atomic mass is 31.2. The SMILES string of the molecule is C=CC(=O)OCC(O)COP(=O)([O-])OCC[N+](C)(C)C. The lowest BCUT2D eigenvalue weighted by atomic mass is 10.4. The summed E-state index contributed by atoms with van der Waals surface area (Å²) >= 11 is 0. The van der Waals surface area contributed by atoms with Gasteiger partial charge in [-0.3, -0.25) is 4.57 Å². The van der Waals surface area contributed by atoms with Gasteiger partial charge in [0.1, 0.15) is 25.9 Å². The van der Waals surface area contributed by atoms with E-state index in [0.29, 0.717) is 11.0 Å². The number of hydrogen-bond acceptors (Lipinski definition) is 7. The zero-order chi connectivity index (χ0) is 15.8. The number of carbonyl (C=O) groups excluding carboxylic acids is 1. The molecule has 0 radical (unpaired) electrons. The lowest BCUT2D eigenvalue weighted by Gasteiger charge is -2.27. The van der Waals surface area contributed by atoms with Crippen molar-refractivity contribution in [3.05, 3.63) is 12.7 Å². The van der Waals surface area contributed by atoms with Crippen LogP contribution in [-0.4, -0.2) is 69.2 Å². The van der Waals surface area contributed by atoms with Gasteiger partial charge in [0.25, 0.3) is 7.82 Å². The molecule has 0 aliphatic carbocycles. The van der Waals surface area contributed by atoms with E-state index in [9.17, 15) is 19.4 Å². The van der Waals surface area contributed by atoms with Gasteiger partial charge >= 0.3 is 5.97 Å². The van der Waals surface area contributed by atoms with Gasteiger partial charge in [-0.2, -0.15) is 0 Å². The standard InChI is InChI=1S/C11H22NO7P/c1-5-11(14)17-8-10(13)9-19-20(15,16)18-7-6-12(2,3)4/h5,10,13H,1,6-9H2,2-4H3. The fraction of sp³-hybridized carbons (Fsp3) is 0.727. The summed E-state index contributed by atoms with van der Waals surface area (Å²) in [5, 5.41) is 9.36. The Morgan fingerprint density at radius 1 is 1.40 bits per heavy atom. The number of ether oxygens (including phenoxy) is 1. The minimum absolute atomic E-state index is 0.0220. The predicted octanol–water partition coefficient (Wildman–Crippen LogP) is -0.716. The summed E-state index contributed by atoms with van der Waals surface area (Å²) in [6.07, 6.45) is -0.330. The van der Waals surface area contributed by atoms with Crippen LogP contribution in [0.4, 0.5) is 0 Å². The van der Waals surface area contributed by atoms with Gasteiger partial charge in [-0.25, -0.2) is 4.79 Å². The third kappa shape index (κ3) is 11.1. The Morgan fingerprint density at radius 2 is 2.00 bits per heavy atom. The fourth-order valence-corrected chi connectivity index (χ4v) is 1.66. The molecule has 0 aromatic rings. The van der Waals surface area contributed by atoms with Crippen molar-refractivity contribution in [1.29, 1.82) is 0 Å². The highest BCUT2D eigenvalue weighted by molar-refractivity contribution is 7.45. The van der Waals surface area contributed by atoms with Gasteiger partial charge in [0, 0.05) is 6.08 Å². The fourth-order valence-electron chi connectivity index (χ4n) is 0.926. The third-order valence-corrected chi connectivity index (χ3v) is 2.99. The van der Waals surface area contributed by atoms with Crippen molar-refractivity contribution < 1.29 is 37.6 Å². The van der Waals surface area contributed by atoms with Gasteiger partial charge in [-0.15, -0.1) is 0 Å². The smallest absolute Gasteiger partial charge is 0.330 e. The summed E-state index contributed by atoms with van der Waals surface area (Å²) in [5.74, 6) is -0.714. The average Bonchev–Trinajstić information content (AvgIpc) is 2.31. The summed E-state index contributed by atoms with van der Waals surface area (Å²) in [4.78, 5) is 22.1. The molecule has 0 saturated carbocycles. The molecule has 0 heterocycles. The summed E-state index contributed by atoms with van der Waals surface area (Å²) < 4.78 is 25.5. The molecule has 0 aliphatic heterocycles. The lowest BCUT2D eigenvalue weighted by Crippen LogP contribution is -2.37. The molecule has 0 saturated heterocycles. The number of aliphatic hydroxyl groups excluding tert-OH is 1. The van der Waals surface area contributed by atoms with Crippen molar-refractivity contribution in [1.82, 2.24) is 0 Å². The molecular weight excluding hydrogens is 289 g/mol. The maximum absolute atomic E-state index is 11.4. The number of nitrogens with zero attached hydrogens (tertiary/aromatic N) is 1. The molecular formula is C11H22NO7P. The highest BCUT2D eigenvalue weighted by Crippen LogP contribution is 2.38. The van der Waals surface area contributed by atoms with E-state index in [4.69, 9.17) is 0 Å². The van der Waals surface area contributed by atoms with E-state index in [1.54, 1.807) is 0 Å². The molecule has 0 aromatic carbocycles. The van der Waals surface area contributed by atoms with Gasteiger partial charge in [0.2, 0.25) is 0 Å². The second-order valence-corrected chi connectivity index (χ2v) is 6.49.